The monoisotopic (exact) mass is 432 g/mol. The van der Waals surface area contributed by atoms with Crippen LogP contribution in [0.5, 0.6) is 0 Å². The highest BCUT2D eigenvalue weighted by molar-refractivity contribution is 8.13. The normalized spacial score (nSPS) is 15.5. The molecule has 1 aliphatic rings. The zero-order valence-corrected chi connectivity index (χ0v) is 17.1. The Morgan fingerprint density at radius 2 is 1.93 bits per heavy atom. The second-order valence-corrected chi connectivity index (χ2v) is 7.11. The molecule has 1 aliphatic heterocycles. The van der Waals surface area contributed by atoms with Crippen molar-refractivity contribution in [3.8, 4) is 0 Å². The first-order chi connectivity index (χ1) is 13.8. The van der Waals surface area contributed by atoms with Crippen LogP contribution in [0, 0.1) is 6.92 Å². The SMILES string of the molecule is CC(=O)N[C@@H](CSC(=O)OCc1oc(=O)oc1C)C(=O)OCCN1CCOCC1. The highest BCUT2D eigenvalue weighted by Crippen LogP contribution is 2.13. The van der Waals surface area contributed by atoms with Crippen LogP contribution in [-0.4, -0.2) is 73.3 Å². The van der Waals surface area contributed by atoms with Gasteiger partial charge in [0.15, 0.2) is 18.1 Å². The molecule has 0 spiro atoms. The van der Waals surface area contributed by atoms with Crippen LogP contribution in [0.3, 0.4) is 0 Å². The van der Waals surface area contributed by atoms with Gasteiger partial charge in [0.2, 0.25) is 5.91 Å². The van der Waals surface area contributed by atoms with Crippen molar-refractivity contribution >= 4 is 28.9 Å². The fraction of sp³-hybridized carbons (Fsp3) is 0.647. The number of hydrogen-bond acceptors (Lipinski definition) is 11. The topological polar surface area (TPSA) is 138 Å². The predicted molar refractivity (Wildman–Crippen MR) is 100 cm³/mol. The first-order valence-electron chi connectivity index (χ1n) is 8.98. The Kier molecular flexibility index (Phi) is 9.22. The van der Waals surface area contributed by atoms with Crippen LogP contribution < -0.4 is 11.1 Å². The number of nitrogens with one attached hydrogen (secondary N) is 1. The van der Waals surface area contributed by atoms with E-state index in [1.165, 1.54) is 13.8 Å². The largest absolute Gasteiger partial charge is 0.519 e. The van der Waals surface area contributed by atoms with E-state index in [2.05, 4.69) is 14.6 Å². The van der Waals surface area contributed by atoms with Crippen LogP contribution in [0.15, 0.2) is 13.6 Å². The number of carbonyl (C=O) groups is 3. The molecule has 1 aromatic rings. The summed E-state index contributed by atoms with van der Waals surface area (Å²) < 4.78 is 24.8. The lowest BCUT2D eigenvalue weighted by Crippen LogP contribution is -2.44. The lowest BCUT2D eigenvalue weighted by molar-refractivity contribution is -0.147. The highest BCUT2D eigenvalue weighted by Gasteiger charge is 2.24. The van der Waals surface area contributed by atoms with E-state index in [4.69, 9.17) is 18.6 Å². The van der Waals surface area contributed by atoms with Gasteiger partial charge in [0.25, 0.3) is 0 Å². The number of thioether (sulfide) groups is 1. The van der Waals surface area contributed by atoms with E-state index in [9.17, 15) is 19.2 Å². The highest BCUT2D eigenvalue weighted by atomic mass is 32.2. The van der Waals surface area contributed by atoms with Gasteiger partial charge < -0.3 is 28.4 Å². The van der Waals surface area contributed by atoms with Gasteiger partial charge in [-0.15, -0.1) is 0 Å². The summed E-state index contributed by atoms with van der Waals surface area (Å²) in [5.74, 6) is -1.69. The van der Waals surface area contributed by atoms with Gasteiger partial charge >= 0.3 is 17.1 Å². The van der Waals surface area contributed by atoms with Gasteiger partial charge in [0.05, 0.1) is 13.2 Å². The zero-order chi connectivity index (χ0) is 21.2. The Balaban J connectivity index is 1.75. The molecule has 0 unspecified atom stereocenters. The molecule has 0 saturated carbocycles. The van der Waals surface area contributed by atoms with Gasteiger partial charge in [0, 0.05) is 32.3 Å². The van der Waals surface area contributed by atoms with E-state index in [1.54, 1.807) is 0 Å². The molecule has 1 N–H and O–H groups in total. The summed E-state index contributed by atoms with van der Waals surface area (Å²) in [7, 11) is 0. The van der Waals surface area contributed by atoms with E-state index in [0.29, 0.717) is 31.5 Å². The van der Waals surface area contributed by atoms with E-state index >= 15 is 0 Å². The third-order valence-electron chi connectivity index (χ3n) is 3.94. The van der Waals surface area contributed by atoms with Crippen LogP contribution >= 0.6 is 11.8 Å². The van der Waals surface area contributed by atoms with Crippen LogP contribution in [0.25, 0.3) is 0 Å². The minimum atomic E-state index is -0.997. The third-order valence-corrected chi connectivity index (χ3v) is 4.80. The number of esters is 1. The summed E-state index contributed by atoms with van der Waals surface area (Å²) in [4.78, 5) is 48.5. The molecule has 0 radical (unpaired) electrons. The Labute approximate surface area is 171 Å². The second-order valence-electron chi connectivity index (χ2n) is 6.16. The van der Waals surface area contributed by atoms with Gasteiger partial charge in [-0.3, -0.25) is 9.69 Å². The standard InChI is InChI=1S/C17H24N2O9S/c1-11-14(28-16(22)27-11)9-26-17(23)29-10-13(18-12(2)20)15(21)25-8-5-19-3-6-24-7-4-19/h13H,3-10H2,1-2H3,(H,18,20)/t13-/m0/s1. The molecule has 0 aromatic carbocycles. The lowest BCUT2D eigenvalue weighted by Gasteiger charge is -2.26. The Bertz CT molecular complexity index is 754. The van der Waals surface area contributed by atoms with Crippen molar-refractivity contribution in [2.24, 2.45) is 0 Å². The van der Waals surface area contributed by atoms with E-state index in [0.717, 1.165) is 13.1 Å². The quantitative estimate of drug-likeness (QED) is 0.539. The van der Waals surface area contributed by atoms with Crippen LogP contribution in [0.1, 0.15) is 18.4 Å². The Hall–Kier alpha value is -2.31. The molecule has 29 heavy (non-hydrogen) atoms. The summed E-state index contributed by atoms with van der Waals surface area (Å²) in [5, 5.41) is 1.76. The van der Waals surface area contributed by atoms with Gasteiger partial charge in [-0.05, 0) is 18.7 Å². The van der Waals surface area contributed by atoms with Crippen molar-refractivity contribution in [3.05, 3.63) is 22.1 Å². The number of nitrogens with zero attached hydrogens (tertiary/aromatic N) is 1. The van der Waals surface area contributed by atoms with Crippen molar-refractivity contribution in [2.75, 3.05) is 45.2 Å². The molecule has 0 aliphatic carbocycles. The molecule has 1 fully saturated rings. The number of aryl methyl sites for hydroxylation is 1. The average Bonchev–Trinajstić information content (AvgIpc) is 3.01. The van der Waals surface area contributed by atoms with Gasteiger partial charge in [-0.1, -0.05) is 0 Å². The number of rotatable bonds is 9. The number of hydrogen-bond donors (Lipinski definition) is 1. The predicted octanol–water partition coefficient (Wildman–Crippen LogP) is 0.291. The summed E-state index contributed by atoms with van der Waals surface area (Å²) in [6.07, 6.45) is 0. The number of amides is 1. The number of carbonyl (C=O) groups excluding carboxylic acids is 3. The summed E-state index contributed by atoms with van der Waals surface area (Å²) in [6, 6.07) is -0.997. The molecular weight excluding hydrogens is 408 g/mol. The zero-order valence-electron chi connectivity index (χ0n) is 16.3. The van der Waals surface area contributed by atoms with Gasteiger partial charge in [-0.25, -0.2) is 14.4 Å². The minimum Gasteiger partial charge on any atom is -0.463 e. The fourth-order valence-electron chi connectivity index (χ4n) is 2.44. The van der Waals surface area contributed by atoms with Crippen molar-refractivity contribution in [1.82, 2.24) is 10.2 Å². The molecule has 2 rings (SSSR count). The smallest absolute Gasteiger partial charge is 0.463 e. The van der Waals surface area contributed by atoms with Crippen molar-refractivity contribution in [1.29, 1.82) is 0 Å². The first kappa shape index (κ1) is 23.0. The summed E-state index contributed by atoms with van der Waals surface area (Å²) in [5.41, 5.74) is 0. The molecule has 1 saturated heterocycles. The van der Waals surface area contributed by atoms with E-state index in [1.807, 2.05) is 0 Å². The molecule has 0 bridgehead atoms. The van der Waals surface area contributed by atoms with Crippen molar-refractivity contribution in [2.45, 2.75) is 26.5 Å². The molecular formula is C17H24N2O9S. The molecule has 1 aromatic heterocycles. The average molecular weight is 432 g/mol. The van der Waals surface area contributed by atoms with Crippen molar-refractivity contribution < 1.29 is 37.4 Å². The summed E-state index contributed by atoms with van der Waals surface area (Å²) >= 11 is 0.694. The molecule has 162 valence electrons. The number of ether oxygens (including phenoxy) is 3. The fourth-order valence-corrected chi connectivity index (χ4v) is 3.10. The number of morpholine rings is 1. The molecule has 12 heteroatoms. The first-order valence-corrected chi connectivity index (χ1v) is 9.96. The Morgan fingerprint density at radius 1 is 1.21 bits per heavy atom. The maximum absolute atomic E-state index is 12.3. The molecule has 1 atom stereocenters. The molecule has 1 amide bonds. The van der Waals surface area contributed by atoms with E-state index < -0.39 is 29.0 Å². The van der Waals surface area contributed by atoms with Crippen LogP contribution in [0.2, 0.25) is 0 Å². The van der Waals surface area contributed by atoms with Crippen LogP contribution in [-0.2, 0) is 30.4 Å². The second kappa shape index (κ2) is 11.6. The third kappa shape index (κ3) is 8.30. The van der Waals surface area contributed by atoms with Crippen molar-refractivity contribution in [3.63, 3.8) is 0 Å². The van der Waals surface area contributed by atoms with Gasteiger partial charge in [-0.2, -0.15) is 0 Å². The van der Waals surface area contributed by atoms with E-state index in [-0.39, 0.29) is 30.5 Å². The van der Waals surface area contributed by atoms with Gasteiger partial charge in [0.1, 0.15) is 12.6 Å². The maximum Gasteiger partial charge on any atom is 0.519 e. The minimum absolute atomic E-state index is 0.0664. The molecule has 2 heterocycles. The Morgan fingerprint density at radius 3 is 2.55 bits per heavy atom. The summed E-state index contributed by atoms with van der Waals surface area (Å²) in [6.45, 7) is 6.04. The maximum atomic E-state index is 12.3. The molecule has 11 nitrogen and oxygen atoms in total. The lowest BCUT2D eigenvalue weighted by atomic mass is 10.3. The van der Waals surface area contributed by atoms with Crippen LogP contribution in [0.4, 0.5) is 4.79 Å².